The molecular formula is C15H18N2O3. The predicted octanol–water partition coefficient (Wildman–Crippen LogP) is 2.51. The predicted molar refractivity (Wildman–Crippen MR) is 78.1 cm³/mol. The average molecular weight is 274 g/mol. The molecule has 106 valence electrons. The number of carboxylic acids is 1. The molecule has 1 aromatic carbocycles. The number of nitrogens with zero attached hydrogens (tertiary/aromatic N) is 1. The van der Waals surface area contributed by atoms with Gasteiger partial charge in [-0.1, -0.05) is 24.3 Å². The van der Waals surface area contributed by atoms with Crippen LogP contribution in [-0.4, -0.2) is 33.8 Å². The molecule has 0 fully saturated rings. The van der Waals surface area contributed by atoms with Gasteiger partial charge in [0.15, 0.2) is 5.69 Å². The number of fused-ring (bicyclic) bond motifs is 1. The van der Waals surface area contributed by atoms with E-state index in [0.717, 1.165) is 17.2 Å². The molecule has 0 aliphatic rings. The molecule has 0 spiro atoms. The molecule has 0 radical (unpaired) electrons. The van der Waals surface area contributed by atoms with E-state index in [9.17, 15) is 9.90 Å². The second-order valence-corrected chi connectivity index (χ2v) is 4.80. The third-order valence-electron chi connectivity index (χ3n) is 3.05. The fourth-order valence-electron chi connectivity index (χ4n) is 2.05. The van der Waals surface area contributed by atoms with Crippen molar-refractivity contribution in [1.29, 1.82) is 0 Å². The van der Waals surface area contributed by atoms with Gasteiger partial charge in [-0.05, 0) is 31.2 Å². The summed E-state index contributed by atoms with van der Waals surface area (Å²) in [5, 5.41) is 23.2. The van der Waals surface area contributed by atoms with Crippen LogP contribution in [0.5, 0.6) is 0 Å². The van der Waals surface area contributed by atoms with Crippen molar-refractivity contribution in [2.24, 2.45) is 0 Å². The Bertz CT molecular complexity index is 611. The highest BCUT2D eigenvalue weighted by Crippen LogP contribution is 2.22. The second kappa shape index (κ2) is 6.34. The normalized spacial score (nSPS) is 12.3. The standard InChI is InChI=1S/C15H18N2O3/c1-10(18)5-4-8-16-14-12-7-3-2-6-11(12)9-13(17-14)15(19)20/h2-3,6-7,9-10,18H,4-5,8H2,1H3,(H,16,17)(H,19,20). The zero-order valence-electron chi connectivity index (χ0n) is 11.3. The molecule has 2 rings (SSSR count). The van der Waals surface area contributed by atoms with E-state index in [1.807, 2.05) is 24.3 Å². The molecule has 3 N–H and O–H groups in total. The lowest BCUT2D eigenvalue weighted by molar-refractivity contribution is 0.0691. The van der Waals surface area contributed by atoms with Gasteiger partial charge < -0.3 is 15.5 Å². The first kappa shape index (κ1) is 14.3. The van der Waals surface area contributed by atoms with Crippen molar-refractivity contribution in [2.45, 2.75) is 25.9 Å². The van der Waals surface area contributed by atoms with Crippen LogP contribution < -0.4 is 5.32 Å². The van der Waals surface area contributed by atoms with E-state index >= 15 is 0 Å². The molecule has 1 heterocycles. The molecular weight excluding hydrogens is 256 g/mol. The number of hydrogen-bond acceptors (Lipinski definition) is 4. The molecule has 0 saturated carbocycles. The molecule has 0 aliphatic carbocycles. The molecule has 0 aliphatic heterocycles. The van der Waals surface area contributed by atoms with Gasteiger partial charge in [0, 0.05) is 11.9 Å². The van der Waals surface area contributed by atoms with Crippen molar-refractivity contribution >= 4 is 22.6 Å². The summed E-state index contributed by atoms with van der Waals surface area (Å²) in [6.07, 6.45) is 1.17. The number of aliphatic hydroxyl groups is 1. The number of aliphatic hydroxyl groups excluding tert-OH is 1. The van der Waals surface area contributed by atoms with Crippen LogP contribution >= 0.6 is 0 Å². The fourth-order valence-corrected chi connectivity index (χ4v) is 2.05. The lowest BCUT2D eigenvalue weighted by Crippen LogP contribution is -2.10. The Balaban J connectivity index is 2.23. The number of carbonyl (C=O) groups is 1. The maximum atomic E-state index is 11.1. The van der Waals surface area contributed by atoms with Gasteiger partial charge in [0.2, 0.25) is 0 Å². The molecule has 0 saturated heterocycles. The first-order valence-electron chi connectivity index (χ1n) is 6.63. The highest BCUT2D eigenvalue weighted by atomic mass is 16.4. The molecule has 2 aromatic rings. The van der Waals surface area contributed by atoms with E-state index in [4.69, 9.17) is 5.11 Å². The third kappa shape index (κ3) is 3.45. The maximum Gasteiger partial charge on any atom is 0.354 e. The van der Waals surface area contributed by atoms with E-state index in [1.54, 1.807) is 13.0 Å². The Morgan fingerprint density at radius 2 is 2.15 bits per heavy atom. The quantitative estimate of drug-likeness (QED) is 0.705. The summed E-state index contributed by atoms with van der Waals surface area (Å²) in [5.41, 5.74) is 0.0294. The minimum absolute atomic E-state index is 0.0294. The van der Waals surface area contributed by atoms with Gasteiger partial charge >= 0.3 is 5.97 Å². The lowest BCUT2D eigenvalue weighted by atomic mass is 10.1. The number of nitrogens with one attached hydrogen (secondary N) is 1. The molecule has 1 aromatic heterocycles. The number of rotatable bonds is 6. The minimum atomic E-state index is -1.04. The summed E-state index contributed by atoms with van der Waals surface area (Å²) in [5.74, 6) is -0.464. The van der Waals surface area contributed by atoms with Crippen LogP contribution in [-0.2, 0) is 0 Å². The fraction of sp³-hybridized carbons (Fsp3) is 0.333. The molecule has 20 heavy (non-hydrogen) atoms. The van der Waals surface area contributed by atoms with Crippen LogP contribution in [0.2, 0.25) is 0 Å². The summed E-state index contributed by atoms with van der Waals surface area (Å²) in [6.45, 7) is 2.39. The van der Waals surface area contributed by atoms with Gasteiger partial charge in [0.1, 0.15) is 5.82 Å². The Morgan fingerprint density at radius 1 is 1.40 bits per heavy atom. The maximum absolute atomic E-state index is 11.1. The lowest BCUT2D eigenvalue weighted by Gasteiger charge is -2.10. The number of aromatic carboxylic acids is 1. The first-order chi connectivity index (χ1) is 9.58. The minimum Gasteiger partial charge on any atom is -0.477 e. The number of aromatic nitrogens is 1. The summed E-state index contributed by atoms with van der Waals surface area (Å²) < 4.78 is 0. The van der Waals surface area contributed by atoms with Crippen molar-refractivity contribution in [2.75, 3.05) is 11.9 Å². The van der Waals surface area contributed by atoms with E-state index in [2.05, 4.69) is 10.3 Å². The van der Waals surface area contributed by atoms with Crippen LogP contribution in [0.1, 0.15) is 30.3 Å². The van der Waals surface area contributed by atoms with Crippen LogP contribution in [0.25, 0.3) is 10.8 Å². The van der Waals surface area contributed by atoms with Crippen LogP contribution in [0.15, 0.2) is 30.3 Å². The van der Waals surface area contributed by atoms with Crippen molar-refractivity contribution in [3.63, 3.8) is 0 Å². The van der Waals surface area contributed by atoms with Crippen LogP contribution in [0.4, 0.5) is 5.82 Å². The van der Waals surface area contributed by atoms with Gasteiger partial charge in [-0.2, -0.15) is 0 Å². The van der Waals surface area contributed by atoms with Crippen LogP contribution in [0, 0.1) is 0 Å². The van der Waals surface area contributed by atoms with Gasteiger partial charge in [-0.25, -0.2) is 9.78 Å². The zero-order valence-corrected chi connectivity index (χ0v) is 11.3. The largest absolute Gasteiger partial charge is 0.477 e. The summed E-state index contributed by atoms with van der Waals surface area (Å²) in [4.78, 5) is 15.2. The summed E-state index contributed by atoms with van der Waals surface area (Å²) in [7, 11) is 0. The van der Waals surface area contributed by atoms with Gasteiger partial charge in [-0.3, -0.25) is 0 Å². The smallest absolute Gasteiger partial charge is 0.354 e. The first-order valence-corrected chi connectivity index (χ1v) is 6.63. The average Bonchev–Trinajstić information content (AvgIpc) is 2.42. The van der Waals surface area contributed by atoms with E-state index in [1.165, 1.54) is 0 Å². The van der Waals surface area contributed by atoms with Gasteiger partial charge in [-0.15, -0.1) is 0 Å². The number of hydrogen-bond donors (Lipinski definition) is 3. The number of benzene rings is 1. The summed E-state index contributed by atoms with van der Waals surface area (Å²) in [6, 6.07) is 9.10. The SMILES string of the molecule is CC(O)CCCNc1nc(C(=O)O)cc2ccccc12. The van der Waals surface area contributed by atoms with Crippen molar-refractivity contribution in [3.8, 4) is 0 Å². The van der Waals surface area contributed by atoms with Crippen molar-refractivity contribution in [3.05, 3.63) is 36.0 Å². The molecule has 1 atom stereocenters. The van der Waals surface area contributed by atoms with Gasteiger partial charge in [0.25, 0.3) is 0 Å². The summed E-state index contributed by atoms with van der Waals surface area (Å²) >= 11 is 0. The topological polar surface area (TPSA) is 82.5 Å². The second-order valence-electron chi connectivity index (χ2n) is 4.80. The Morgan fingerprint density at radius 3 is 2.85 bits per heavy atom. The van der Waals surface area contributed by atoms with Crippen molar-refractivity contribution < 1.29 is 15.0 Å². The van der Waals surface area contributed by atoms with E-state index in [0.29, 0.717) is 18.8 Å². The highest BCUT2D eigenvalue weighted by Gasteiger charge is 2.10. The third-order valence-corrected chi connectivity index (χ3v) is 3.05. The Labute approximate surface area is 117 Å². The molecule has 1 unspecified atom stereocenters. The Kier molecular flexibility index (Phi) is 4.53. The Hall–Kier alpha value is -2.14. The number of anilines is 1. The van der Waals surface area contributed by atoms with E-state index < -0.39 is 5.97 Å². The zero-order chi connectivity index (χ0) is 14.5. The monoisotopic (exact) mass is 274 g/mol. The molecule has 0 amide bonds. The van der Waals surface area contributed by atoms with E-state index in [-0.39, 0.29) is 11.8 Å². The van der Waals surface area contributed by atoms with Crippen molar-refractivity contribution in [1.82, 2.24) is 4.98 Å². The van der Waals surface area contributed by atoms with Gasteiger partial charge in [0.05, 0.1) is 6.10 Å². The molecule has 0 bridgehead atoms. The molecule has 5 nitrogen and oxygen atoms in total. The highest BCUT2D eigenvalue weighted by molar-refractivity contribution is 5.97. The molecule has 5 heteroatoms. The van der Waals surface area contributed by atoms with Crippen LogP contribution in [0.3, 0.4) is 0 Å². The number of pyridine rings is 1. The number of carboxylic acid groups (broad SMARTS) is 1.